The molecule has 0 fully saturated rings. The fourth-order valence-corrected chi connectivity index (χ4v) is 2.98. The Morgan fingerprint density at radius 3 is 2.48 bits per heavy atom. The molecule has 21 heavy (non-hydrogen) atoms. The van der Waals surface area contributed by atoms with Crippen molar-refractivity contribution in [1.29, 1.82) is 0 Å². The van der Waals surface area contributed by atoms with Crippen LogP contribution in [-0.4, -0.2) is 12.8 Å². The lowest BCUT2D eigenvalue weighted by molar-refractivity contribution is 0.606. The zero-order valence-corrected chi connectivity index (χ0v) is 14.0. The summed E-state index contributed by atoms with van der Waals surface area (Å²) in [6.45, 7) is 4.62. The molecule has 112 valence electrons. The summed E-state index contributed by atoms with van der Waals surface area (Å²) in [6, 6.07) is 11.6. The molecule has 4 heteroatoms. The molecule has 0 spiro atoms. The SMILES string of the molecule is CCNC(c1ccc(SC)cc1)c1cc(C)c(F)cc1Cl. The minimum absolute atomic E-state index is 0.0299. The Bertz CT molecular complexity index is 613. The van der Waals surface area contributed by atoms with Crippen LogP contribution in [0.15, 0.2) is 41.3 Å². The Labute approximate surface area is 134 Å². The highest BCUT2D eigenvalue weighted by Gasteiger charge is 2.17. The third-order valence-corrected chi connectivity index (χ3v) is 4.52. The summed E-state index contributed by atoms with van der Waals surface area (Å²) in [5.41, 5.74) is 2.65. The van der Waals surface area contributed by atoms with Crippen molar-refractivity contribution in [1.82, 2.24) is 5.32 Å². The number of hydrogen-bond acceptors (Lipinski definition) is 2. The van der Waals surface area contributed by atoms with Crippen molar-refractivity contribution >= 4 is 23.4 Å². The molecule has 2 rings (SSSR count). The standard InChI is InChI=1S/C17H19ClFNS/c1-4-20-17(12-5-7-13(21-3)8-6-12)14-9-11(2)16(19)10-15(14)18/h5-10,17,20H,4H2,1-3H3. The van der Waals surface area contributed by atoms with Crippen molar-refractivity contribution in [3.63, 3.8) is 0 Å². The van der Waals surface area contributed by atoms with Crippen molar-refractivity contribution in [2.45, 2.75) is 24.8 Å². The summed E-state index contributed by atoms with van der Waals surface area (Å²) in [4.78, 5) is 1.22. The van der Waals surface area contributed by atoms with Gasteiger partial charge < -0.3 is 5.32 Å². The van der Waals surface area contributed by atoms with Gasteiger partial charge in [-0.25, -0.2) is 4.39 Å². The van der Waals surface area contributed by atoms with Gasteiger partial charge in [0.15, 0.2) is 0 Å². The second-order valence-corrected chi connectivity index (χ2v) is 6.17. The number of aryl methyl sites for hydroxylation is 1. The summed E-state index contributed by atoms with van der Waals surface area (Å²) < 4.78 is 13.6. The molecule has 0 aromatic heterocycles. The highest BCUT2D eigenvalue weighted by atomic mass is 35.5. The zero-order valence-electron chi connectivity index (χ0n) is 12.4. The van der Waals surface area contributed by atoms with Crippen molar-refractivity contribution in [3.05, 3.63) is 63.9 Å². The first-order valence-electron chi connectivity index (χ1n) is 6.89. The summed E-state index contributed by atoms with van der Waals surface area (Å²) in [7, 11) is 0. The van der Waals surface area contributed by atoms with Crippen LogP contribution in [0.5, 0.6) is 0 Å². The Kier molecular flexibility index (Phi) is 5.68. The molecule has 1 nitrogen and oxygen atoms in total. The van der Waals surface area contributed by atoms with Gasteiger partial charge in [0, 0.05) is 9.92 Å². The predicted octanol–water partition coefficient (Wildman–Crippen LogP) is 5.21. The third kappa shape index (κ3) is 3.79. The molecule has 0 aliphatic carbocycles. The second kappa shape index (κ2) is 7.30. The fraction of sp³-hybridized carbons (Fsp3) is 0.294. The van der Waals surface area contributed by atoms with Gasteiger partial charge in [-0.2, -0.15) is 0 Å². The Morgan fingerprint density at radius 2 is 1.90 bits per heavy atom. The highest BCUT2D eigenvalue weighted by Crippen LogP contribution is 2.31. The van der Waals surface area contributed by atoms with Crippen LogP contribution in [0.1, 0.15) is 29.7 Å². The first-order valence-corrected chi connectivity index (χ1v) is 8.50. The van der Waals surface area contributed by atoms with E-state index in [1.807, 2.05) is 13.0 Å². The van der Waals surface area contributed by atoms with Crippen molar-refractivity contribution in [3.8, 4) is 0 Å². The lowest BCUT2D eigenvalue weighted by Crippen LogP contribution is -2.22. The van der Waals surface area contributed by atoms with E-state index in [0.29, 0.717) is 10.6 Å². The Morgan fingerprint density at radius 1 is 1.24 bits per heavy atom. The summed E-state index contributed by atoms with van der Waals surface area (Å²) in [6.07, 6.45) is 2.05. The Balaban J connectivity index is 2.44. The minimum atomic E-state index is -0.267. The van der Waals surface area contributed by atoms with Crippen molar-refractivity contribution in [2.75, 3.05) is 12.8 Å². The zero-order chi connectivity index (χ0) is 15.4. The van der Waals surface area contributed by atoms with E-state index < -0.39 is 0 Å². The van der Waals surface area contributed by atoms with Gasteiger partial charge in [-0.1, -0.05) is 30.7 Å². The molecule has 0 heterocycles. The molecule has 1 atom stereocenters. The predicted molar refractivity (Wildman–Crippen MR) is 89.9 cm³/mol. The van der Waals surface area contributed by atoms with Gasteiger partial charge in [0.2, 0.25) is 0 Å². The maximum Gasteiger partial charge on any atom is 0.127 e. The number of rotatable bonds is 5. The van der Waals surface area contributed by atoms with E-state index in [4.69, 9.17) is 11.6 Å². The second-order valence-electron chi connectivity index (χ2n) is 4.89. The number of nitrogens with one attached hydrogen (secondary N) is 1. The van der Waals surface area contributed by atoms with Crippen LogP contribution in [-0.2, 0) is 0 Å². The van der Waals surface area contributed by atoms with Gasteiger partial charge in [0.25, 0.3) is 0 Å². The first kappa shape index (κ1) is 16.3. The summed E-state index contributed by atoms with van der Waals surface area (Å²) in [5, 5.41) is 3.88. The molecular weight excluding hydrogens is 305 g/mol. The van der Waals surface area contributed by atoms with E-state index in [1.165, 1.54) is 11.0 Å². The van der Waals surface area contributed by atoms with E-state index in [2.05, 4.69) is 35.8 Å². The van der Waals surface area contributed by atoms with Crippen LogP contribution in [0.4, 0.5) is 4.39 Å². The number of hydrogen-bond donors (Lipinski definition) is 1. The Hall–Kier alpha value is -1.03. The third-order valence-electron chi connectivity index (χ3n) is 3.45. The maximum absolute atomic E-state index is 13.6. The van der Waals surface area contributed by atoms with E-state index in [9.17, 15) is 4.39 Å². The van der Waals surface area contributed by atoms with Gasteiger partial charge >= 0.3 is 0 Å². The molecule has 0 saturated heterocycles. The number of benzene rings is 2. The van der Waals surface area contributed by atoms with E-state index in [1.54, 1.807) is 18.7 Å². The smallest absolute Gasteiger partial charge is 0.127 e. The van der Waals surface area contributed by atoms with Gasteiger partial charge in [-0.05, 0) is 60.7 Å². The van der Waals surface area contributed by atoms with Crippen LogP contribution in [0.2, 0.25) is 5.02 Å². The lowest BCUT2D eigenvalue weighted by atomic mass is 9.97. The minimum Gasteiger partial charge on any atom is -0.306 e. The van der Waals surface area contributed by atoms with E-state index >= 15 is 0 Å². The lowest BCUT2D eigenvalue weighted by Gasteiger charge is -2.21. The van der Waals surface area contributed by atoms with Gasteiger partial charge in [-0.15, -0.1) is 11.8 Å². The molecule has 2 aromatic rings. The van der Waals surface area contributed by atoms with Crippen LogP contribution in [0.25, 0.3) is 0 Å². The molecule has 1 unspecified atom stereocenters. The van der Waals surface area contributed by atoms with Gasteiger partial charge in [0.1, 0.15) is 5.82 Å². The van der Waals surface area contributed by atoms with Gasteiger partial charge in [0.05, 0.1) is 6.04 Å². The van der Waals surface area contributed by atoms with Crippen LogP contribution in [0, 0.1) is 12.7 Å². The topological polar surface area (TPSA) is 12.0 Å². The first-order chi connectivity index (χ1) is 10.1. The molecule has 1 N–H and O–H groups in total. The molecule has 0 amide bonds. The molecule has 2 aromatic carbocycles. The number of halogens is 2. The molecule has 0 saturated carbocycles. The van der Waals surface area contributed by atoms with Gasteiger partial charge in [-0.3, -0.25) is 0 Å². The normalized spacial score (nSPS) is 12.4. The van der Waals surface area contributed by atoms with E-state index in [0.717, 1.165) is 17.7 Å². The molecular formula is C17H19ClFNS. The fourth-order valence-electron chi connectivity index (χ4n) is 2.31. The molecule has 0 aliphatic rings. The van der Waals surface area contributed by atoms with Crippen molar-refractivity contribution < 1.29 is 4.39 Å². The average molecular weight is 324 g/mol. The van der Waals surface area contributed by atoms with Crippen LogP contribution >= 0.6 is 23.4 Å². The van der Waals surface area contributed by atoms with Crippen LogP contribution < -0.4 is 5.32 Å². The molecule has 0 aliphatic heterocycles. The summed E-state index contributed by atoms with van der Waals surface area (Å²) in [5.74, 6) is -0.267. The molecule has 0 radical (unpaired) electrons. The average Bonchev–Trinajstić information content (AvgIpc) is 2.49. The highest BCUT2D eigenvalue weighted by molar-refractivity contribution is 7.98. The largest absolute Gasteiger partial charge is 0.306 e. The maximum atomic E-state index is 13.6. The van der Waals surface area contributed by atoms with Crippen LogP contribution in [0.3, 0.4) is 0 Å². The summed E-state index contributed by atoms with van der Waals surface area (Å²) >= 11 is 7.97. The quantitative estimate of drug-likeness (QED) is 0.758. The number of thioether (sulfide) groups is 1. The monoisotopic (exact) mass is 323 g/mol. The van der Waals surface area contributed by atoms with Crippen molar-refractivity contribution in [2.24, 2.45) is 0 Å². The van der Waals surface area contributed by atoms with E-state index in [-0.39, 0.29) is 11.9 Å². The molecule has 0 bridgehead atoms.